The number of halogens is 1. The minimum absolute atomic E-state index is 0.245. The fourth-order valence-corrected chi connectivity index (χ4v) is 3.73. The molecule has 0 aromatic carbocycles. The van der Waals surface area contributed by atoms with Gasteiger partial charge in [-0.1, -0.05) is 0 Å². The first kappa shape index (κ1) is 13.2. The molecule has 1 N–H and O–H groups in total. The molecule has 0 radical (unpaired) electrons. The van der Waals surface area contributed by atoms with Crippen molar-refractivity contribution in [3.8, 4) is 0 Å². The molecule has 1 atom stereocenters. The molecule has 104 valence electrons. The minimum atomic E-state index is -0.245. The van der Waals surface area contributed by atoms with E-state index in [4.69, 9.17) is 0 Å². The number of thioether (sulfide) groups is 1. The van der Waals surface area contributed by atoms with Gasteiger partial charge in [0.1, 0.15) is 11.6 Å². The van der Waals surface area contributed by atoms with Crippen LogP contribution in [0.2, 0.25) is 0 Å². The van der Waals surface area contributed by atoms with E-state index >= 15 is 0 Å². The van der Waals surface area contributed by atoms with Gasteiger partial charge in [-0.05, 0) is 31.1 Å². The van der Waals surface area contributed by atoms with E-state index in [0.717, 1.165) is 23.7 Å². The summed E-state index contributed by atoms with van der Waals surface area (Å²) >= 11 is 1.98. The lowest BCUT2D eigenvalue weighted by Gasteiger charge is -2.27. The Hall–Kier alpha value is -0.810. The van der Waals surface area contributed by atoms with Gasteiger partial charge in [0, 0.05) is 37.0 Å². The number of pyridine rings is 1. The second-order valence-corrected chi connectivity index (χ2v) is 6.57. The van der Waals surface area contributed by atoms with Crippen molar-refractivity contribution in [1.82, 2.24) is 10.3 Å². The van der Waals surface area contributed by atoms with Gasteiger partial charge in [-0.25, -0.2) is 9.37 Å². The van der Waals surface area contributed by atoms with E-state index in [1.165, 1.54) is 31.2 Å². The predicted molar refractivity (Wildman–Crippen MR) is 78.2 cm³/mol. The van der Waals surface area contributed by atoms with Gasteiger partial charge in [-0.15, -0.1) is 0 Å². The van der Waals surface area contributed by atoms with Crippen LogP contribution >= 0.6 is 11.8 Å². The highest BCUT2D eigenvalue weighted by molar-refractivity contribution is 7.99. The van der Waals surface area contributed by atoms with Crippen molar-refractivity contribution in [3.63, 3.8) is 0 Å². The summed E-state index contributed by atoms with van der Waals surface area (Å²) in [6.45, 7) is 0.717. The molecule has 1 aliphatic carbocycles. The van der Waals surface area contributed by atoms with E-state index in [1.807, 2.05) is 11.8 Å². The van der Waals surface area contributed by atoms with Crippen molar-refractivity contribution in [2.45, 2.75) is 37.9 Å². The predicted octanol–water partition coefficient (Wildman–Crippen LogP) is 2.41. The number of rotatable bonds is 5. The summed E-state index contributed by atoms with van der Waals surface area (Å²) in [6.07, 6.45) is 5.00. The molecule has 2 aliphatic rings. The van der Waals surface area contributed by atoms with Crippen LogP contribution < -0.4 is 10.2 Å². The Labute approximate surface area is 118 Å². The monoisotopic (exact) mass is 281 g/mol. The van der Waals surface area contributed by atoms with E-state index < -0.39 is 0 Å². The van der Waals surface area contributed by atoms with Crippen LogP contribution in [-0.2, 0) is 6.54 Å². The third-order valence-corrected chi connectivity index (χ3v) is 5.00. The van der Waals surface area contributed by atoms with Crippen LogP contribution in [0.5, 0.6) is 0 Å². The van der Waals surface area contributed by atoms with Gasteiger partial charge in [0.05, 0.1) is 6.20 Å². The molecule has 1 aromatic heterocycles. The topological polar surface area (TPSA) is 28.2 Å². The van der Waals surface area contributed by atoms with Crippen LogP contribution in [0.1, 0.15) is 24.8 Å². The number of anilines is 1. The Bertz CT molecular complexity index is 444. The molecule has 5 heteroatoms. The van der Waals surface area contributed by atoms with Crippen molar-refractivity contribution in [2.24, 2.45) is 0 Å². The Balaban J connectivity index is 1.76. The quantitative estimate of drug-likeness (QED) is 0.897. The molecule has 2 heterocycles. The van der Waals surface area contributed by atoms with Crippen LogP contribution in [0.3, 0.4) is 0 Å². The molecule has 1 saturated carbocycles. The van der Waals surface area contributed by atoms with Crippen LogP contribution in [0.15, 0.2) is 12.3 Å². The number of nitrogens with one attached hydrogen (secondary N) is 1. The Morgan fingerprint density at radius 1 is 1.47 bits per heavy atom. The molecule has 0 bridgehead atoms. The van der Waals surface area contributed by atoms with Crippen molar-refractivity contribution < 1.29 is 4.39 Å². The third kappa shape index (κ3) is 3.20. The van der Waals surface area contributed by atoms with Crippen LogP contribution in [0.25, 0.3) is 0 Å². The Morgan fingerprint density at radius 3 is 3.00 bits per heavy atom. The van der Waals surface area contributed by atoms with Crippen molar-refractivity contribution in [1.29, 1.82) is 0 Å². The summed E-state index contributed by atoms with van der Waals surface area (Å²) in [7, 11) is 2.08. The number of aromatic nitrogens is 1. The van der Waals surface area contributed by atoms with E-state index in [-0.39, 0.29) is 5.82 Å². The van der Waals surface area contributed by atoms with Gasteiger partial charge in [-0.3, -0.25) is 0 Å². The van der Waals surface area contributed by atoms with Crippen molar-refractivity contribution in [3.05, 3.63) is 23.6 Å². The number of hydrogen-bond acceptors (Lipinski definition) is 4. The van der Waals surface area contributed by atoms with E-state index in [9.17, 15) is 4.39 Å². The highest BCUT2D eigenvalue weighted by atomic mass is 32.2. The second-order valence-electron chi connectivity index (χ2n) is 5.42. The standard InChI is InChI=1S/C14H20FN3S/c1-18(13-4-5-19-9-13)14-10(6-11(15)8-17-14)7-16-12-2-3-12/h6,8,12-13,16H,2-5,7,9H2,1H3. The summed E-state index contributed by atoms with van der Waals surface area (Å²) in [6, 6.07) is 2.78. The smallest absolute Gasteiger partial charge is 0.141 e. The van der Waals surface area contributed by atoms with Crippen molar-refractivity contribution >= 4 is 17.6 Å². The average molecular weight is 281 g/mol. The molecular formula is C14H20FN3S. The maximum Gasteiger partial charge on any atom is 0.141 e. The molecule has 1 aliphatic heterocycles. The van der Waals surface area contributed by atoms with Gasteiger partial charge in [-0.2, -0.15) is 11.8 Å². The highest BCUT2D eigenvalue weighted by Gasteiger charge is 2.25. The van der Waals surface area contributed by atoms with E-state index in [2.05, 4.69) is 22.2 Å². The van der Waals surface area contributed by atoms with E-state index in [1.54, 1.807) is 6.07 Å². The minimum Gasteiger partial charge on any atom is -0.356 e. The van der Waals surface area contributed by atoms with Gasteiger partial charge in [0.2, 0.25) is 0 Å². The Morgan fingerprint density at radius 2 is 2.32 bits per heavy atom. The molecule has 1 saturated heterocycles. The van der Waals surface area contributed by atoms with Gasteiger partial charge in [0.25, 0.3) is 0 Å². The molecule has 2 fully saturated rings. The number of nitrogens with zero attached hydrogens (tertiary/aromatic N) is 2. The molecule has 1 unspecified atom stereocenters. The SMILES string of the molecule is CN(c1ncc(F)cc1CNC1CC1)C1CCSC1. The lowest BCUT2D eigenvalue weighted by Crippen LogP contribution is -2.33. The normalized spacial score (nSPS) is 22.7. The summed E-state index contributed by atoms with van der Waals surface area (Å²) < 4.78 is 13.4. The molecule has 0 amide bonds. The molecule has 3 nitrogen and oxygen atoms in total. The maximum atomic E-state index is 13.4. The van der Waals surface area contributed by atoms with Gasteiger partial charge >= 0.3 is 0 Å². The van der Waals surface area contributed by atoms with Crippen LogP contribution in [0, 0.1) is 5.82 Å². The molecule has 3 rings (SSSR count). The van der Waals surface area contributed by atoms with Crippen LogP contribution in [0.4, 0.5) is 10.2 Å². The zero-order valence-corrected chi connectivity index (χ0v) is 12.0. The lowest BCUT2D eigenvalue weighted by atomic mass is 10.2. The van der Waals surface area contributed by atoms with Gasteiger partial charge in [0.15, 0.2) is 0 Å². The summed E-state index contributed by atoms with van der Waals surface area (Å²) in [5.41, 5.74) is 0.978. The molecule has 0 spiro atoms. The fraction of sp³-hybridized carbons (Fsp3) is 0.643. The average Bonchev–Trinajstić information content (AvgIpc) is 3.07. The lowest BCUT2D eigenvalue weighted by molar-refractivity contribution is 0.606. The second kappa shape index (κ2) is 5.67. The first-order chi connectivity index (χ1) is 9.24. The first-order valence-corrected chi connectivity index (χ1v) is 8.08. The summed E-state index contributed by atoms with van der Waals surface area (Å²) in [5, 5.41) is 3.45. The third-order valence-electron chi connectivity index (χ3n) is 3.86. The zero-order valence-electron chi connectivity index (χ0n) is 11.2. The molecular weight excluding hydrogens is 261 g/mol. The highest BCUT2D eigenvalue weighted by Crippen LogP contribution is 2.28. The molecule has 19 heavy (non-hydrogen) atoms. The largest absolute Gasteiger partial charge is 0.356 e. The van der Waals surface area contributed by atoms with E-state index in [0.29, 0.717) is 12.1 Å². The first-order valence-electron chi connectivity index (χ1n) is 6.92. The Kier molecular flexibility index (Phi) is 3.93. The van der Waals surface area contributed by atoms with Crippen LogP contribution in [-0.4, -0.2) is 35.6 Å². The van der Waals surface area contributed by atoms with Crippen molar-refractivity contribution in [2.75, 3.05) is 23.5 Å². The fourth-order valence-electron chi connectivity index (χ4n) is 2.46. The number of hydrogen-bond donors (Lipinski definition) is 1. The summed E-state index contributed by atoms with van der Waals surface area (Å²) in [5.74, 6) is 3.05. The zero-order chi connectivity index (χ0) is 13.2. The summed E-state index contributed by atoms with van der Waals surface area (Å²) in [4.78, 5) is 6.55. The molecule has 1 aromatic rings. The maximum absolute atomic E-state index is 13.4. The van der Waals surface area contributed by atoms with Gasteiger partial charge < -0.3 is 10.2 Å².